The highest BCUT2D eigenvalue weighted by molar-refractivity contribution is 5.67. The van der Waals surface area contributed by atoms with Crippen molar-refractivity contribution in [2.75, 3.05) is 19.0 Å². The van der Waals surface area contributed by atoms with E-state index >= 15 is 0 Å². The van der Waals surface area contributed by atoms with Crippen molar-refractivity contribution in [3.05, 3.63) is 24.7 Å². The maximum Gasteiger partial charge on any atom is 0.152 e. The fourth-order valence-corrected chi connectivity index (χ4v) is 1.63. The van der Waals surface area contributed by atoms with Gasteiger partial charge in [-0.25, -0.2) is 9.50 Å². The van der Waals surface area contributed by atoms with Gasteiger partial charge in [-0.1, -0.05) is 6.92 Å². The summed E-state index contributed by atoms with van der Waals surface area (Å²) in [4.78, 5) is 4.32. The van der Waals surface area contributed by atoms with Crippen molar-refractivity contribution in [2.45, 2.75) is 19.4 Å². The molecule has 0 aliphatic heterocycles. The van der Waals surface area contributed by atoms with Crippen LogP contribution in [0.5, 0.6) is 0 Å². The minimum absolute atomic E-state index is 0.276. The van der Waals surface area contributed by atoms with Crippen molar-refractivity contribution in [2.24, 2.45) is 0 Å². The first-order valence-electron chi connectivity index (χ1n) is 5.39. The van der Waals surface area contributed by atoms with Crippen LogP contribution in [0.1, 0.15) is 13.3 Å². The first-order chi connectivity index (χ1) is 7.85. The molecule has 1 atom stereocenters. The highest BCUT2D eigenvalue weighted by atomic mass is 16.5. The lowest BCUT2D eigenvalue weighted by atomic mass is 10.2. The minimum atomic E-state index is 0.276. The topological polar surface area (TPSA) is 51.5 Å². The van der Waals surface area contributed by atoms with Gasteiger partial charge in [-0.15, -0.1) is 0 Å². The van der Waals surface area contributed by atoms with Crippen LogP contribution in [-0.4, -0.2) is 34.4 Å². The largest absolute Gasteiger partial charge is 0.383 e. The second-order valence-electron chi connectivity index (χ2n) is 3.64. The molecule has 5 nitrogen and oxygen atoms in total. The lowest BCUT2D eigenvalue weighted by molar-refractivity contribution is 0.184. The fourth-order valence-electron chi connectivity index (χ4n) is 1.63. The standard InChI is InChI=1S/C11H16N4O/c1-3-9(8-16-2)14-11-10-4-5-13-15(10)7-6-12-11/h4-7,9H,3,8H2,1-2H3,(H,12,14). The van der Waals surface area contributed by atoms with Crippen LogP contribution in [0.3, 0.4) is 0 Å². The molecule has 1 N–H and O–H groups in total. The van der Waals surface area contributed by atoms with Gasteiger partial charge >= 0.3 is 0 Å². The van der Waals surface area contributed by atoms with E-state index < -0.39 is 0 Å². The molecule has 0 radical (unpaired) electrons. The van der Waals surface area contributed by atoms with E-state index in [0.29, 0.717) is 6.61 Å². The van der Waals surface area contributed by atoms with Crippen molar-refractivity contribution in [3.8, 4) is 0 Å². The summed E-state index contributed by atoms with van der Waals surface area (Å²) >= 11 is 0. The molecule has 0 spiro atoms. The SMILES string of the molecule is CCC(COC)Nc1nccn2nccc12. The van der Waals surface area contributed by atoms with Gasteiger partial charge in [-0.05, 0) is 12.5 Å². The fraction of sp³-hybridized carbons (Fsp3) is 0.455. The zero-order valence-electron chi connectivity index (χ0n) is 9.55. The van der Waals surface area contributed by atoms with Crippen LogP contribution >= 0.6 is 0 Å². The average molecular weight is 220 g/mol. The molecule has 0 aromatic carbocycles. The molecule has 5 heteroatoms. The predicted molar refractivity (Wildman–Crippen MR) is 62.6 cm³/mol. The summed E-state index contributed by atoms with van der Waals surface area (Å²) in [5, 5.41) is 7.53. The third-order valence-electron chi connectivity index (χ3n) is 2.53. The van der Waals surface area contributed by atoms with E-state index in [1.807, 2.05) is 12.3 Å². The van der Waals surface area contributed by atoms with Crippen LogP contribution in [0.25, 0.3) is 5.52 Å². The first-order valence-corrected chi connectivity index (χ1v) is 5.39. The smallest absolute Gasteiger partial charge is 0.152 e. The van der Waals surface area contributed by atoms with Gasteiger partial charge in [-0.3, -0.25) is 0 Å². The van der Waals surface area contributed by atoms with Gasteiger partial charge in [-0.2, -0.15) is 5.10 Å². The van der Waals surface area contributed by atoms with E-state index in [2.05, 4.69) is 22.3 Å². The number of hydrogen-bond donors (Lipinski definition) is 1. The molecular weight excluding hydrogens is 204 g/mol. The lowest BCUT2D eigenvalue weighted by Gasteiger charge is -2.16. The number of ether oxygens (including phenoxy) is 1. The van der Waals surface area contributed by atoms with Crippen LogP contribution in [0, 0.1) is 0 Å². The summed E-state index contributed by atoms with van der Waals surface area (Å²) in [6, 6.07) is 2.22. The third-order valence-corrected chi connectivity index (χ3v) is 2.53. The first kappa shape index (κ1) is 10.9. The van der Waals surface area contributed by atoms with E-state index in [-0.39, 0.29) is 6.04 Å². The van der Waals surface area contributed by atoms with Gasteiger partial charge in [0.05, 0.1) is 18.8 Å². The number of nitrogens with one attached hydrogen (secondary N) is 1. The quantitative estimate of drug-likeness (QED) is 0.831. The summed E-state index contributed by atoms with van der Waals surface area (Å²) in [7, 11) is 1.71. The summed E-state index contributed by atoms with van der Waals surface area (Å²) < 4.78 is 6.95. The molecule has 0 bridgehead atoms. The van der Waals surface area contributed by atoms with Crippen LogP contribution in [0.4, 0.5) is 5.82 Å². The second kappa shape index (κ2) is 4.94. The average Bonchev–Trinajstić information content (AvgIpc) is 2.77. The molecule has 0 saturated carbocycles. The molecule has 2 aromatic heterocycles. The van der Waals surface area contributed by atoms with Crippen molar-refractivity contribution in [1.29, 1.82) is 0 Å². The highest BCUT2D eigenvalue weighted by Gasteiger charge is 2.09. The zero-order chi connectivity index (χ0) is 11.4. The van der Waals surface area contributed by atoms with Crippen molar-refractivity contribution in [1.82, 2.24) is 14.6 Å². The predicted octanol–water partition coefficient (Wildman–Crippen LogP) is 1.57. The maximum absolute atomic E-state index is 5.15. The van der Waals surface area contributed by atoms with Crippen molar-refractivity contribution in [3.63, 3.8) is 0 Å². The Morgan fingerprint density at radius 3 is 3.12 bits per heavy atom. The molecule has 86 valence electrons. The normalized spacial score (nSPS) is 12.9. The number of methoxy groups -OCH3 is 1. The van der Waals surface area contributed by atoms with Crippen LogP contribution in [0.2, 0.25) is 0 Å². The summed E-state index contributed by atoms with van der Waals surface area (Å²) in [6.07, 6.45) is 6.32. The highest BCUT2D eigenvalue weighted by Crippen LogP contribution is 2.14. The molecule has 2 heterocycles. The number of aromatic nitrogens is 3. The summed E-state index contributed by atoms with van der Waals surface area (Å²) in [5.41, 5.74) is 0.983. The number of nitrogens with zero attached hydrogens (tertiary/aromatic N) is 3. The number of hydrogen-bond acceptors (Lipinski definition) is 4. The molecule has 0 aliphatic rings. The molecule has 0 fully saturated rings. The molecule has 16 heavy (non-hydrogen) atoms. The third kappa shape index (κ3) is 2.14. The van der Waals surface area contributed by atoms with Crippen molar-refractivity contribution < 1.29 is 4.74 Å². The monoisotopic (exact) mass is 220 g/mol. The Morgan fingerprint density at radius 2 is 2.38 bits per heavy atom. The van der Waals surface area contributed by atoms with E-state index in [1.165, 1.54) is 0 Å². The molecular formula is C11H16N4O. The van der Waals surface area contributed by atoms with Crippen molar-refractivity contribution >= 4 is 11.3 Å². The Morgan fingerprint density at radius 1 is 1.50 bits per heavy atom. The van der Waals surface area contributed by atoms with Gasteiger partial charge in [0.1, 0.15) is 5.52 Å². The molecule has 2 rings (SSSR count). The van der Waals surface area contributed by atoms with Gasteiger partial charge < -0.3 is 10.1 Å². The van der Waals surface area contributed by atoms with Gasteiger partial charge in [0, 0.05) is 19.5 Å². The van der Waals surface area contributed by atoms with E-state index in [9.17, 15) is 0 Å². The second-order valence-corrected chi connectivity index (χ2v) is 3.64. The number of fused-ring (bicyclic) bond motifs is 1. The lowest BCUT2D eigenvalue weighted by Crippen LogP contribution is -2.24. The van der Waals surface area contributed by atoms with Gasteiger partial charge in [0.2, 0.25) is 0 Å². The van der Waals surface area contributed by atoms with Crippen LogP contribution in [0.15, 0.2) is 24.7 Å². The Bertz CT molecular complexity index is 454. The minimum Gasteiger partial charge on any atom is -0.383 e. The Balaban J connectivity index is 2.22. The Hall–Kier alpha value is -1.62. The maximum atomic E-state index is 5.15. The molecule has 0 amide bonds. The van der Waals surface area contributed by atoms with Crippen LogP contribution in [-0.2, 0) is 4.74 Å². The Kier molecular flexibility index (Phi) is 3.36. The number of anilines is 1. The Labute approximate surface area is 94.4 Å². The molecule has 1 unspecified atom stereocenters. The summed E-state index contributed by atoms with van der Waals surface area (Å²) in [6.45, 7) is 2.79. The van der Waals surface area contributed by atoms with Crippen LogP contribution < -0.4 is 5.32 Å². The zero-order valence-corrected chi connectivity index (χ0v) is 9.55. The molecule has 2 aromatic rings. The number of rotatable bonds is 5. The summed E-state index contributed by atoms with van der Waals surface area (Å²) in [5.74, 6) is 0.851. The molecule has 0 saturated heterocycles. The van der Waals surface area contributed by atoms with Gasteiger partial charge in [0.15, 0.2) is 5.82 Å². The van der Waals surface area contributed by atoms with E-state index in [1.54, 1.807) is 24.0 Å². The molecule has 0 aliphatic carbocycles. The van der Waals surface area contributed by atoms with E-state index in [4.69, 9.17) is 4.74 Å². The van der Waals surface area contributed by atoms with E-state index in [0.717, 1.165) is 17.8 Å². The van der Waals surface area contributed by atoms with Gasteiger partial charge in [0.25, 0.3) is 0 Å².